The van der Waals surface area contributed by atoms with Crippen LogP contribution in [0.4, 0.5) is 10.1 Å². The second kappa shape index (κ2) is 8.49. The molecular formula is C15H15BrFN5O3S. The lowest BCUT2D eigenvalue weighted by Crippen LogP contribution is -2.29. The normalized spacial score (nSPS) is 14.7. The molecular weight excluding hydrogens is 429 g/mol. The molecule has 1 aliphatic heterocycles. The van der Waals surface area contributed by atoms with Gasteiger partial charge in [-0.25, -0.2) is 9.02 Å². The van der Waals surface area contributed by atoms with Crippen molar-refractivity contribution >= 4 is 45.1 Å². The Morgan fingerprint density at radius 2 is 2.19 bits per heavy atom. The van der Waals surface area contributed by atoms with Gasteiger partial charge in [0, 0.05) is 18.8 Å². The van der Waals surface area contributed by atoms with Crippen LogP contribution in [0.5, 0.6) is 0 Å². The van der Waals surface area contributed by atoms with Crippen LogP contribution in [0.1, 0.15) is 18.5 Å². The number of likely N-dealkylation sites (tertiary alicyclic amines) is 1. The number of aromatic nitrogens is 2. The number of halogens is 2. The van der Waals surface area contributed by atoms with Crippen LogP contribution in [-0.4, -0.2) is 51.0 Å². The van der Waals surface area contributed by atoms with Crippen molar-refractivity contribution in [1.29, 1.82) is 0 Å². The second-order valence-electron chi connectivity index (χ2n) is 5.50. The third-order valence-corrected chi connectivity index (χ3v) is 5.30. The number of thioether (sulfide) groups is 1. The minimum absolute atomic E-state index is 0.0133. The smallest absolute Gasteiger partial charge is 0.232 e. The molecule has 0 radical (unpaired) electrons. The van der Waals surface area contributed by atoms with Crippen molar-refractivity contribution in [3.05, 3.63) is 34.2 Å². The number of oxime groups is 1. The van der Waals surface area contributed by atoms with Gasteiger partial charge in [0.25, 0.3) is 0 Å². The molecule has 0 bridgehead atoms. The molecule has 0 unspecified atom stereocenters. The van der Waals surface area contributed by atoms with Crippen LogP contribution in [0.2, 0.25) is 0 Å². The molecule has 2 N–H and O–H groups in total. The summed E-state index contributed by atoms with van der Waals surface area (Å²) >= 11 is 4.23. The van der Waals surface area contributed by atoms with Gasteiger partial charge >= 0.3 is 0 Å². The highest BCUT2D eigenvalue weighted by molar-refractivity contribution is 9.10. The maximum atomic E-state index is 13.3. The predicted octanol–water partition coefficient (Wildman–Crippen LogP) is 2.93. The maximum Gasteiger partial charge on any atom is 0.232 e. The van der Waals surface area contributed by atoms with E-state index >= 15 is 0 Å². The summed E-state index contributed by atoms with van der Waals surface area (Å²) in [6.07, 6.45) is 2.04. The standard InChI is InChI=1S/C15H15BrFN5O3S/c16-10-7-9(3-4-11(10)17)18-14(19-24)13-15(21-25-20-13)26-8-12(23)22-5-1-2-6-22/h3-4,7,24H,1-2,5-6,8H2,(H,18,19). The van der Waals surface area contributed by atoms with Crippen molar-refractivity contribution in [2.24, 2.45) is 5.16 Å². The summed E-state index contributed by atoms with van der Waals surface area (Å²) < 4.78 is 18.3. The van der Waals surface area contributed by atoms with E-state index in [2.05, 4.69) is 36.7 Å². The number of carbonyl (C=O) groups excluding carboxylic acids is 1. The van der Waals surface area contributed by atoms with Gasteiger partial charge in [-0.05, 0) is 57.3 Å². The van der Waals surface area contributed by atoms with E-state index in [1.54, 1.807) is 4.90 Å². The third kappa shape index (κ3) is 4.33. The van der Waals surface area contributed by atoms with E-state index in [1.165, 1.54) is 18.2 Å². The molecule has 0 saturated carbocycles. The quantitative estimate of drug-likeness (QED) is 0.240. The van der Waals surface area contributed by atoms with E-state index in [0.717, 1.165) is 37.7 Å². The molecule has 11 heteroatoms. The fourth-order valence-electron chi connectivity index (χ4n) is 2.45. The monoisotopic (exact) mass is 443 g/mol. The van der Waals surface area contributed by atoms with Crippen molar-refractivity contribution in [1.82, 2.24) is 15.2 Å². The van der Waals surface area contributed by atoms with E-state index in [1.807, 2.05) is 0 Å². The van der Waals surface area contributed by atoms with Crippen molar-refractivity contribution in [3.63, 3.8) is 0 Å². The van der Waals surface area contributed by atoms with Crippen LogP contribution in [0.15, 0.2) is 37.5 Å². The minimum atomic E-state index is -0.419. The lowest BCUT2D eigenvalue weighted by molar-refractivity contribution is -0.127. The van der Waals surface area contributed by atoms with Crippen LogP contribution in [-0.2, 0) is 4.79 Å². The first-order chi connectivity index (χ1) is 12.6. The van der Waals surface area contributed by atoms with Gasteiger partial charge in [-0.1, -0.05) is 16.9 Å². The molecule has 2 heterocycles. The van der Waals surface area contributed by atoms with Gasteiger partial charge in [-0.3, -0.25) is 4.79 Å². The highest BCUT2D eigenvalue weighted by Gasteiger charge is 2.22. The zero-order chi connectivity index (χ0) is 18.5. The Bertz CT molecular complexity index is 825. The Labute approximate surface area is 160 Å². The largest absolute Gasteiger partial charge is 0.409 e. The molecule has 1 fully saturated rings. The third-order valence-electron chi connectivity index (χ3n) is 3.76. The summed E-state index contributed by atoms with van der Waals surface area (Å²) in [7, 11) is 0. The molecule has 2 aromatic rings. The van der Waals surface area contributed by atoms with E-state index in [4.69, 9.17) is 4.63 Å². The van der Waals surface area contributed by atoms with E-state index in [9.17, 15) is 14.4 Å². The summed E-state index contributed by atoms with van der Waals surface area (Å²) in [6.45, 7) is 1.54. The lowest BCUT2D eigenvalue weighted by Gasteiger charge is -2.14. The number of hydrogen-bond acceptors (Lipinski definition) is 7. The number of benzene rings is 1. The average molecular weight is 444 g/mol. The molecule has 1 amide bonds. The lowest BCUT2D eigenvalue weighted by atomic mass is 10.3. The van der Waals surface area contributed by atoms with E-state index < -0.39 is 5.82 Å². The van der Waals surface area contributed by atoms with Gasteiger partial charge in [0.05, 0.1) is 10.2 Å². The summed E-state index contributed by atoms with van der Waals surface area (Å²) in [6, 6.07) is 4.22. The minimum Gasteiger partial charge on any atom is -0.409 e. The predicted molar refractivity (Wildman–Crippen MR) is 96.9 cm³/mol. The van der Waals surface area contributed by atoms with Gasteiger partial charge in [0.15, 0.2) is 10.7 Å². The van der Waals surface area contributed by atoms with E-state index in [0.29, 0.717) is 10.7 Å². The zero-order valence-corrected chi connectivity index (χ0v) is 15.9. The molecule has 0 atom stereocenters. The molecule has 1 aromatic heterocycles. The average Bonchev–Trinajstić information content (AvgIpc) is 3.32. The van der Waals surface area contributed by atoms with Crippen LogP contribution >= 0.6 is 27.7 Å². The maximum absolute atomic E-state index is 13.3. The molecule has 1 aliphatic rings. The van der Waals surface area contributed by atoms with Gasteiger partial charge in [-0.15, -0.1) is 0 Å². The Morgan fingerprint density at radius 3 is 2.88 bits per heavy atom. The number of anilines is 1. The highest BCUT2D eigenvalue weighted by atomic mass is 79.9. The SMILES string of the molecule is O=C(CSc1nonc1/C(=N\O)Nc1ccc(F)c(Br)c1)N1CCCC1. The number of nitrogens with zero attached hydrogens (tertiary/aromatic N) is 4. The van der Waals surface area contributed by atoms with Crippen molar-refractivity contribution in [2.45, 2.75) is 17.9 Å². The summed E-state index contributed by atoms with van der Waals surface area (Å²) in [5, 5.41) is 23.1. The Hall–Kier alpha value is -2.14. The zero-order valence-electron chi connectivity index (χ0n) is 13.5. The van der Waals surface area contributed by atoms with Crippen LogP contribution in [0, 0.1) is 5.82 Å². The van der Waals surface area contributed by atoms with Gasteiger partial charge < -0.3 is 15.4 Å². The van der Waals surface area contributed by atoms with Crippen LogP contribution in [0.25, 0.3) is 0 Å². The number of hydrogen-bond donors (Lipinski definition) is 2. The number of nitrogens with one attached hydrogen (secondary N) is 1. The van der Waals surface area contributed by atoms with Crippen molar-refractivity contribution in [2.75, 3.05) is 24.2 Å². The number of carbonyl (C=O) groups is 1. The van der Waals surface area contributed by atoms with E-state index in [-0.39, 0.29) is 27.7 Å². The molecule has 0 aliphatic carbocycles. The molecule has 1 aromatic carbocycles. The van der Waals surface area contributed by atoms with Crippen LogP contribution in [0.3, 0.4) is 0 Å². The van der Waals surface area contributed by atoms with Crippen LogP contribution < -0.4 is 5.32 Å². The Morgan fingerprint density at radius 1 is 1.42 bits per heavy atom. The molecule has 26 heavy (non-hydrogen) atoms. The first-order valence-corrected chi connectivity index (χ1v) is 9.54. The number of rotatable bonds is 5. The Balaban J connectivity index is 1.68. The molecule has 3 rings (SSSR count). The molecule has 0 spiro atoms. The topological polar surface area (TPSA) is 104 Å². The molecule has 138 valence electrons. The van der Waals surface area contributed by atoms with Gasteiger partial charge in [0.1, 0.15) is 5.82 Å². The molecule has 8 nitrogen and oxygen atoms in total. The fraction of sp³-hybridized carbons (Fsp3) is 0.333. The number of amidine groups is 1. The summed E-state index contributed by atoms with van der Waals surface area (Å²) in [4.78, 5) is 13.9. The fourth-order valence-corrected chi connectivity index (χ4v) is 3.63. The first kappa shape index (κ1) is 18.6. The highest BCUT2D eigenvalue weighted by Crippen LogP contribution is 2.24. The number of amides is 1. The van der Waals surface area contributed by atoms with Crippen molar-refractivity contribution in [3.8, 4) is 0 Å². The first-order valence-electron chi connectivity index (χ1n) is 7.76. The van der Waals surface area contributed by atoms with Crippen molar-refractivity contribution < 1.29 is 19.0 Å². The van der Waals surface area contributed by atoms with Gasteiger partial charge in [-0.2, -0.15) is 0 Å². The Kier molecular flexibility index (Phi) is 6.09. The van der Waals surface area contributed by atoms with Gasteiger partial charge in [0.2, 0.25) is 11.7 Å². The summed E-state index contributed by atoms with van der Waals surface area (Å²) in [5.74, 6) is -0.250. The summed E-state index contributed by atoms with van der Waals surface area (Å²) in [5.41, 5.74) is 0.630. The molecule has 1 saturated heterocycles. The second-order valence-corrected chi connectivity index (χ2v) is 7.32.